The van der Waals surface area contributed by atoms with Gasteiger partial charge in [0.25, 0.3) is 5.91 Å². The van der Waals surface area contributed by atoms with Crippen LogP contribution in [0.2, 0.25) is 0 Å². The summed E-state index contributed by atoms with van der Waals surface area (Å²) < 4.78 is 5.18. The standard InChI is InChI=1S/C13H18N2O2S/c1-8-5-6-9(7-10(8)17-4)11(16)15-13(2,3)12(14)18/h5-7H,1-4H3,(H2,14,18)(H,15,16). The van der Waals surface area contributed by atoms with Gasteiger partial charge in [0, 0.05) is 5.56 Å². The number of aryl methyl sites for hydroxylation is 1. The zero-order valence-corrected chi connectivity index (χ0v) is 11.9. The Labute approximate surface area is 113 Å². The summed E-state index contributed by atoms with van der Waals surface area (Å²) in [5, 5.41) is 2.78. The maximum absolute atomic E-state index is 12.1. The number of hydrogen-bond acceptors (Lipinski definition) is 3. The zero-order valence-electron chi connectivity index (χ0n) is 11.0. The van der Waals surface area contributed by atoms with Crippen molar-refractivity contribution in [1.29, 1.82) is 0 Å². The largest absolute Gasteiger partial charge is 0.496 e. The van der Waals surface area contributed by atoms with Crippen molar-refractivity contribution in [2.75, 3.05) is 7.11 Å². The Morgan fingerprint density at radius 3 is 2.56 bits per heavy atom. The Morgan fingerprint density at radius 1 is 1.44 bits per heavy atom. The molecule has 0 aliphatic heterocycles. The lowest BCUT2D eigenvalue weighted by Gasteiger charge is -2.24. The predicted molar refractivity (Wildman–Crippen MR) is 76.1 cm³/mol. The first-order valence-corrected chi connectivity index (χ1v) is 5.96. The van der Waals surface area contributed by atoms with Gasteiger partial charge in [0.1, 0.15) is 5.75 Å². The molecular formula is C13H18N2O2S. The van der Waals surface area contributed by atoms with E-state index in [0.29, 0.717) is 11.3 Å². The number of carbonyl (C=O) groups is 1. The fourth-order valence-electron chi connectivity index (χ4n) is 1.38. The van der Waals surface area contributed by atoms with E-state index >= 15 is 0 Å². The van der Waals surface area contributed by atoms with Crippen LogP contribution < -0.4 is 15.8 Å². The number of carbonyl (C=O) groups excluding carboxylic acids is 1. The topological polar surface area (TPSA) is 64.3 Å². The van der Waals surface area contributed by atoms with Crippen LogP contribution in [0.25, 0.3) is 0 Å². The van der Waals surface area contributed by atoms with Gasteiger partial charge in [0.15, 0.2) is 0 Å². The number of amides is 1. The van der Waals surface area contributed by atoms with Crippen molar-refractivity contribution in [3.63, 3.8) is 0 Å². The smallest absolute Gasteiger partial charge is 0.252 e. The van der Waals surface area contributed by atoms with E-state index in [1.807, 2.05) is 13.0 Å². The van der Waals surface area contributed by atoms with Gasteiger partial charge in [-0.2, -0.15) is 0 Å². The van der Waals surface area contributed by atoms with E-state index in [9.17, 15) is 4.79 Å². The van der Waals surface area contributed by atoms with Crippen LogP contribution in [0.1, 0.15) is 29.8 Å². The maximum atomic E-state index is 12.1. The second-order valence-corrected chi connectivity index (χ2v) is 5.07. The van der Waals surface area contributed by atoms with Gasteiger partial charge in [-0.1, -0.05) is 18.3 Å². The van der Waals surface area contributed by atoms with E-state index in [0.717, 1.165) is 5.56 Å². The molecule has 0 spiro atoms. The van der Waals surface area contributed by atoms with E-state index in [1.165, 1.54) is 0 Å². The first-order valence-electron chi connectivity index (χ1n) is 5.55. The molecule has 0 atom stereocenters. The molecule has 0 unspecified atom stereocenters. The number of methoxy groups -OCH3 is 1. The lowest BCUT2D eigenvalue weighted by molar-refractivity contribution is 0.0932. The average Bonchev–Trinajstić information content (AvgIpc) is 2.28. The molecule has 0 bridgehead atoms. The summed E-state index contributed by atoms with van der Waals surface area (Å²) in [6.45, 7) is 5.44. The number of nitrogens with one attached hydrogen (secondary N) is 1. The molecule has 0 fully saturated rings. The highest BCUT2D eigenvalue weighted by Crippen LogP contribution is 2.19. The molecule has 1 aromatic carbocycles. The van der Waals surface area contributed by atoms with Crippen LogP contribution in [-0.2, 0) is 0 Å². The van der Waals surface area contributed by atoms with Gasteiger partial charge < -0.3 is 15.8 Å². The van der Waals surface area contributed by atoms with Crippen LogP contribution in [0.4, 0.5) is 0 Å². The Hall–Kier alpha value is -1.62. The van der Waals surface area contributed by atoms with Crippen molar-refractivity contribution in [1.82, 2.24) is 5.32 Å². The summed E-state index contributed by atoms with van der Waals surface area (Å²) in [4.78, 5) is 12.3. The summed E-state index contributed by atoms with van der Waals surface area (Å²) in [6, 6.07) is 5.27. The minimum Gasteiger partial charge on any atom is -0.496 e. The molecule has 0 saturated carbocycles. The van der Waals surface area contributed by atoms with Crippen molar-refractivity contribution in [2.24, 2.45) is 5.73 Å². The molecule has 0 aliphatic carbocycles. The number of hydrogen-bond donors (Lipinski definition) is 2. The van der Waals surface area contributed by atoms with Crippen LogP contribution >= 0.6 is 12.2 Å². The van der Waals surface area contributed by atoms with Gasteiger partial charge in [-0.05, 0) is 38.5 Å². The number of rotatable bonds is 4. The third kappa shape index (κ3) is 3.20. The first kappa shape index (κ1) is 14.4. The van der Waals surface area contributed by atoms with Gasteiger partial charge in [0.05, 0.1) is 17.6 Å². The van der Waals surface area contributed by atoms with Gasteiger partial charge in [-0.25, -0.2) is 0 Å². The van der Waals surface area contributed by atoms with Crippen LogP contribution in [0, 0.1) is 6.92 Å². The predicted octanol–water partition coefficient (Wildman–Crippen LogP) is 1.80. The number of ether oxygens (including phenoxy) is 1. The third-order valence-electron chi connectivity index (χ3n) is 2.71. The molecule has 1 aromatic rings. The molecule has 3 N–H and O–H groups in total. The lowest BCUT2D eigenvalue weighted by Crippen LogP contribution is -2.52. The van der Waals surface area contributed by atoms with Crippen molar-refractivity contribution in [2.45, 2.75) is 26.3 Å². The fourth-order valence-corrected chi connectivity index (χ4v) is 1.43. The average molecular weight is 266 g/mol. The van der Waals surface area contributed by atoms with Crippen LogP contribution in [0.15, 0.2) is 18.2 Å². The summed E-state index contributed by atoms with van der Waals surface area (Å²) in [6.07, 6.45) is 0. The highest BCUT2D eigenvalue weighted by molar-refractivity contribution is 7.80. The van der Waals surface area contributed by atoms with E-state index < -0.39 is 5.54 Å². The van der Waals surface area contributed by atoms with E-state index in [2.05, 4.69) is 5.32 Å². The SMILES string of the molecule is COc1cc(C(=O)NC(C)(C)C(N)=S)ccc1C. The molecule has 0 heterocycles. The molecule has 18 heavy (non-hydrogen) atoms. The Morgan fingerprint density at radius 2 is 2.06 bits per heavy atom. The summed E-state index contributed by atoms with van der Waals surface area (Å²) >= 11 is 4.91. The molecule has 98 valence electrons. The van der Waals surface area contributed by atoms with E-state index in [1.54, 1.807) is 33.1 Å². The highest BCUT2D eigenvalue weighted by Gasteiger charge is 2.24. The molecule has 0 radical (unpaired) electrons. The number of benzene rings is 1. The van der Waals surface area contributed by atoms with E-state index in [-0.39, 0.29) is 10.9 Å². The molecule has 1 amide bonds. The van der Waals surface area contributed by atoms with Crippen LogP contribution in [0.3, 0.4) is 0 Å². The minimum atomic E-state index is -0.718. The maximum Gasteiger partial charge on any atom is 0.252 e. The molecule has 4 nitrogen and oxygen atoms in total. The normalized spacial score (nSPS) is 10.9. The van der Waals surface area contributed by atoms with Crippen molar-refractivity contribution >= 4 is 23.1 Å². The third-order valence-corrected chi connectivity index (χ3v) is 3.22. The van der Waals surface area contributed by atoms with Gasteiger partial charge in [-0.3, -0.25) is 4.79 Å². The molecule has 0 saturated heterocycles. The quantitative estimate of drug-likeness (QED) is 0.816. The second kappa shape index (κ2) is 5.35. The van der Waals surface area contributed by atoms with Crippen molar-refractivity contribution in [3.8, 4) is 5.75 Å². The van der Waals surface area contributed by atoms with Gasteiger partial charge >= 0.3 is 0 Å². The number of nitrogens with two attached hydrogens (primary N) is 1. The molecule has 1 rings (SSSR count). The minimum absolute atomic E-state index is 0.230. The van der Waals surface area contributed by atoms with Crippen LogP contribution in [-0.4, -0.2) is 23.5 Å². The first-order chi connectivity index (χ1) is 8.27. The van der Waals surface area contributed by atoms with Crippen LogP contribution in [0.5, 0.6) is 5.75 Å². The van der Waals surface area contributed by atoms with Crippen molar-refractivity contribution < 1.29 is 9.53 Å². The Bertz CT molecular complexity index is 484. The Kier molecular flexibility index (Phi) is 4.29. The molecule has 0 aliphatic rings. The summed E-state index contributed by atoms with van der Waals surface area (Å²) in [5.74, 6) is 0.446. The second-order valence-electron chi connectivity index (χ2n) is 4.63. The molecule has 0 aromatic heterocycles. The lowest BCUT2D eigenvalue weighted by atomic mass is 10.0. The highest BCUT2D eigenvalue weighted by atomic mass is 32.1. The molecular weight excluding hydrogens is 248 g/mol. The number of thiocarbonyl (C=S) groups is 1. The van der Waals surface area contributed by atoms with E-state index in [4.69, 9.17) is 22.7 Å². The summed E-state index contributed by atoms with van der Waals surface area (Å²) in [5.41, 5.74) is 6.34. The van der Waals surface area contributed by atoms with Gasteiger partial charge in [0.2, 0.25) is 0 Å². The monoisotopic (exact) mass is 266 g/mol. The van der Waals surface area contributed by atoms with Gasteiger partial charge in [-0.15, -0.1) is 0 Å². The Balaban J connectivity index is 2.95. The van der Waals surface area contributed by atoms with Crippen molar-refractivity contribution in [3.05, 3.63) is 29.3 Å². The zero-order chi connectivity index (χ0) is 13.9. The fraction of sp³-hybridized carbons (Fsp3) is 0.385. The molecule has 5 heteroatoms. The summed E-state index contributed by atoms with van der Waals surface area (Å²) in [7, 11) is 1.57.